The van der Waals surface area contributed by atoms with Crippen LogP contribution in [-0.2, 0) is 9.59 Å². The Morgan fingerprint density at radius 3 is 2.25 bits per heavy atom. The molecule has 0 saturated carbocycles. The maximum absolute atomic E-state index is 13.3. The number of amides is 1. The van der Waals surface area contributed by atoms with Crippen LogP contribution in [0.25, 0.3) is 5.76 Å². The van der Waals surface area contributed by atoms with Gasteiger partial charge in [-0.15, -0.1) is 0 Å². The lowest BCUT2D eigenvalue weighted by Crippen LogP contribution is -2.29. The fourth-order valence-corrected chi connectivity index (χ4v) is 4.29. The number of aliphatic hydroxyl groups is 1. The average Bonchev–Trinajstić information content (AvgIpc) is 3.14. The van der Waals surface area contributed by atoms with Crippen molar-refractivity contribution in [1.82, 2.24) is 0 Å². The highest BCUT2D eigenvalue weighted by molar-refractivity contribution is 6.51. The number of benzene rings is 3. The third kappa shape index (κ3) is 4.53. The summed E-state index contributed by atoms with van der Waals surface area (Å²) in [5, 5.41) is 20.5. The summed E-state index contributed by atoms with van der Waals surface area (Å²) in [7, 11) is 1.55. The van der Waals surface area contributed by atoms with Crippen LogP contribution in [0.5, 0.6) is 11.5 Å². The molecule has 7 heteroatoms. The lowest BCUT2D eigenvalue weighted by Gasteiger charge is -2.25. The summed E-state index contributed by atoms with van der Waals surface area (Å²) in [6.45, 7) is 5.67. The first kappa shape index (κ1) is 24.6. The largest absolute Gasteiger partial charge is 0.507 e. The van der Waals surface area contributed by atoms with Crippen LogP contribution in [0.15, 0.2) is 72.3 Å². The zero-order valence-corrected chi connectivity index (χ0v) is 20.5. The minimum atomic E-state index is -0.881. The summed E-state index contributed by atoms with van der Waals surface area (Å²) in [5.41, 5.74) is 2.64. The number of hydrogen-bond donors (Lipinski definition) is 1. The number of aliphatic hydroxyl groups excluding tert-OH is 1. The van der Waals surface area contributed by atoms with Crippen LogP contribution in [0.1, 0.15) is 42.1 Å². The Labute approximate surface area is 209 Å². The van der Waals surface area contributed by atoms with E-state index in [-0.39, 0.29) is 17.4 Å². The molecule has 1 N–H and O–H groups in total. The maximum Gasteiger partial charge on any atom is 0.300 e. The first-order chi connectivity index (χ1) is 17.2. The van der Waals surface area contributed by atoms with Crippen molar-refractivity contribution in [3.63, 3.8) is 0 Å². The quantitative estimate of drug-likeness (QED) is 0.291. The first-order valence-electron chi connectivity index (χ1n) is 11.5. The van der Waals surface area contributed by atoms with Crippen molar-refractivity contribution >= 4 is 23.1 Å². The van der Waals surface area contributed by atoms with Gasteiger partial charge in [0, 0.05) is 11.3 Å². The van der Waals surface area contributed by atoms with Crippen molar-refractivity contribution < 1.29 is 24.2 Å². The molecule has 0 spiro atoms. The Bertz CT molecular complexity index is 1380. The molecule has 1 atom stereocenters. The minimum absolute atomic E-state index is 0.0153. The normalized spacial score (nSPS) is 16.8. The van der Waals surface area contributed by atoms with Crippen molar-refractivity contribution in [3.8, 4) is 17.6 Å². The smallest absolute Gasteiger partial charge is 0.300 e. The van der Waals surface area contributed by atoms with E-state index >= 15 is 0 Å². The van der Waals surface area contributed by atoms with E-state index in [1.807, 2.05) is 26.8 Å². The third-order valence-corrected chi connectivity index (χ3v) is 5.95. The molecule has 3 aromatic carbocycles. The molecule has 1 aliphatic heterocycles. The van der Waals surface area contributed by atoms with E-state index in [4.69, 9.17) is 14.7 Å². The van der Waals surface area contributed by atoms with Gasteiger partial charge in [-0.1, -0.05) is 12.1 Å². The van der Waals surface area contributed by atoms with Crippen LogP contribution in [0.2, 0.25) is 0 Å². The van der Waals surface area contributed by atoms with Crippen molar-refractivity contribution in [2.75, 3.05) is 12.0 Å². The zero-order chi connectivity index (χ0) is 26.0. The van der Waals surface area contributed by atoms with Crippen molar-refractivity contribution in [2.24, 2.45) is 0 Å². The fraction of sp³-hybridized carbons (Fsp3) is 0.207. The van der Waals surface area contributed by atoms with Crippen LogP contribution in [0.4, 0.5) is 5.69 Å². The van der Waals surface area contributed by atoms with Gasteiger partial charge in [-0.25, -0.2) is 0 Å². The van der Waals surface area contributed by atoms with Gasteiger partial charge >= 0.3 is 0 Å². The summed E-state index contributed by atoms with van der Waals surface area (Å²) in [6, 6.07) is 19.7. The Morgan fingerprint density at radius 2 is 1.69 bits per heavy atom. The molecule has 7 nitrogen and oxygen atoms in total. The second-order valence-corrected chi connectivity index (χ2v) is 8.75. The van der Waals surface area contributed by atoms with Crippen LogP contribution in [0.3, 0.4) is 0 Å². The van der Waals surface area contributed by atoms with Crippen LogP contribution < -0.4 is 14.4 Å². The molecule has 0 radical (unpaired) electrons. The molecule has 0 bridgehead atoms. The summed E-state index contributed by atoms with van der Waals surface area (Å²) in [6.07, 6.45) is -0.0153. The number of Topliss-reactive ketones (excluding diaryl/α,β-unsaturated/α-hetero) is 1. The number of nitriles is 1. The third-order valence-electron chi connectivity index (χ3n) is 5.95. The molecule has 1 amide bonds. The van der Waals surface area contributed by atoms with Crippen molar-refractivity contribution in [3.05, 3.63) is 94.6 Å². The number of nitrogens with zero attached hydrogens (tertiary/aromatic N) is 2. The summed E-state index contributed by atoms with van der Waals surface area (Å²) in [4.78, 5) is 28.0. The lowest BCUT2D eigenvalue weighted by molar-refractivity contribution is -0.132. The van der Waals surface area contributed by atoms with Gasteiger partial charge in [0.05, 0.1) is 36.5 Å². The van der Waals surface area contributed by atoms with Gasteiger partial charge in [0.25, 0.3) is 11.7 Å². The van der Waals surface area contributed by atoms with Gasteiger partial charge in [-0.05, 0) is 86.5 Å². The number of rotatable bonds is 6. The van der Waals surface area contributed by atoms with E-state index in [0.717, 1.165) is 5.56 Å². The summed E-state index contributed by atoms with van der Waals surface area (Å²) < 4.78 is 11.0. The zero-order valence-electron chi connectivity index (χ0n) is 20.5. The second-order valence-electron chi connectivity index (χ2n) is 8.75. The topological polar surface area (TPSA) is 99.9 Å². The number of methoxy groups -OCH3 is 1. The first-order valence-corrected chi connectivity index (χ1v) is 11.5. The van der Waals surface area contributed by atoms with Gasteiger partial charge < -0.3 is 14.6 Å². The molecule has 1 heterocycles. The molecule has 36 heavy (non-hydrogen) atoms. The maximum atomic E-state index is 13.3. The number of aryl methyl sites for hydroxylation is 1. The molecule has 1 unspecified atom stereocenters. The van der Waals surface area contributed by atoms with Crippen LogP contribution >= 0.6 is 0 Å². The van der Waals surface area contributed by atoms with Gasteiger partial charge in [0.15, 0.2) is 0 Å². The molecule has 182 valence electrons. The average molecular weight is 483 g/mol. The SMILES string of the molecule is COc1ccc(/C(O)=C2/C(=O)C(=O)N(c3ccc(C#N)cc3)C2c2ccc(OC(C)C)cc2)cc1C. The van der Waals surface area contributed by atoms with Crippen LogP contribution in [-0.4, -0.2) is 30.0 Å². The van der Waals surface area contributed by atoms with Gasteiger partial charge in [0.2, 0.25) is 0 Å². The highest BCUT2D eigenvalue weighted by Gasteiger charge is 2.47. The second kappa shape index (κ2) is 9.96. The number of anilines is 1. The summed E-state index contributed by atoms with van der Waals surface area (Å²) >= 11 is 0. The van der Waals surface area contributed by atoms with Crippen molar-refractivity contribution in [1.29, 1.82) is 5.26 Å². The van der Waals surface area contributed by atoms with E-state index in [1.165, 1.54) is 4.90 Å². The molecule has 1 fully saturated rings. The van der Waals surface area contributed by atoms with Crippen molar-refractivity contribution in [2.45, 2.75) is 32.9 Å². The highest BCUT2D eigenvalue weighted by atomic mass is 16.5. The van der Waals surface area contributed by atoms with Gasteiger partial charge in [-0.3, -0.25) is 14.5 Å². The Kier molecular flexibility index (Phi) is 6.80. The molecule has 4 rings (SSSR count). The molecule has 1 aliphatic rings. The molecule has 0 aliphatic carbocycles. The standard InChI is InChI=1S/C29H26N2O5/c1-17(2)36-23-12-7-20(8-13-23)26-25(27(32)21-9-14-24(35-4)18(3)15-21)28(33)29(34)31(26)22-10-5-19(16-30)6-11-22/h5-15,17,26,32H,1-4H3/b27-25-. The Morgan fingerprint density at radius 1 is 1.03 bits per heavy atom. The van der Waals surface area contributed by atoms with Gasteiger partial charge in [-0.2, -0.15) is 5.26 Å². The number of ether oxygens (including phenoxy) is 2. The molecule has 0 aromatic heterocycles. The molecular formula is C29H26N2O5. The predicted molar refractivity (Wildman–Crippen MR) is 136 cm³/mol. The fourth-order valence-electron chi connectivity index (χ4n) is 4.29. The Balaban J connectivity index is 1.89. The van der Waals surface area contributed by atoms with E-state index in [2.05, 4.69) is 0 Å². The van der Waals surface area contributed by atoms with Crippen LogP contribution in [0, 0.1) is 18.3 Å². The molecule has 1 saturated heterocycles. The number of ketones is 1. The number of carbonyl (C=O) groups excluding carboxylic acids is 2. The lowest BCUT2D eigenvalue weighted by atomic mass is 9.94. The number of hydrogen-bond acceptors (Lipinski definition) is 6. The van der Waals surface area contributed by atoms with E-state index in [9.17, 15) is 14.7 Å². The van der Waals surface area contributed by atoms with Gasteiger partial charge in [0.1, 0.15) is 17.3 Å². The molecule has 3 aromatic rings. The van der Waals surface area contributed by atoms with E-state index in [1.54, 1.807) is 73.8 Å². The van der Waals surface area contributed by atoms with E-state index < -0.39 is 17.7 Å². The summed E-state index contributed by atoms with van der Waals surface area (Å²) in [5.74, 6) is -0.545. The predicted octanol–water partition coefficient (Wildman–Crippen LogP) is 5.29. The monoisotopic (exact) mass is 482 g/mol. The number of carbonyl (C=O) groups is 2. The highest BCUT2D eigenvalue weighted by Crippen LogP contribution is 2.42. The van der Waals surface area contributed by atoms with E-state index in [0.29, 0.717) is 33.9 Å². The minimum Gasteiger partial charge on any atom is -0.507 e. The molecular weight excluding hydrogens is 456 g/mol. The Hall–Kier alpha value is -4.57.